The summed E-state index contributed by atoms with van der Waals surface area (Å²) in [6.45, 7) is 2.51. The zero-order valence-corrected chi connectivity index (χ0v) is 24.7. The summed E-state index contributed by atoms with van der Waals surface area (Å²) in [6.07, 6.45) is 1.16. The van der Waals surface area contributed by atoms with Crippen molar-refractivity contribution < 1.29 is 29.1 Å². The number of aromatic amines is 1. The molecule has 45 heavy (non-hydrogen) atoms. The number of fused-ring (bicyclic) bond motifs is 1. The first-order valence-electron chi connectivity index (χ1n) is 13.9. The number of tetrazole rings is 1. The van der Waals surface area contributed by atoms with Gasteiger partial charge in [-0.2, -0.15) is 4.68 Å². The third kappa shape index (κ3) is 7.60. The number of anilines is 2. The minimum absolute atomic E-state index is 0.0185. The Hall–Kier alpha value is -5.35. The van der Waals surface area contributed by atoms with Crippen LogP contribution in [0, 0.1) is 0 Å². The SMILES string of the molecule is CN1CCN(C(=O)CC[C@H](NC(=O)C(=O)Nc2cc(Cl)ccc2-n2cnnn2)C(=O)Nc2ccc3[nH]c(C(=O)O)cc3c2)CC1. The molecule has 1 aliphatic heterocycles. The molecule has 0 bridgehead atoms. The molecule has 3 heterocycles. The molecule has 0 aliphatic carbocycles. The van der Waals surface area contributed by atoms with Crippen LogP contribution in [0.1, 0.15) is 23.3 Å². The van der Waals surface area contributed by atoms with Crippen LogP contribution in [0.5, 0.6) is 0 Å². The maximum Gasteiger partial charge on any atom is 0.352 e. The van der Waals surface area contributed by atoms with Gasteiger partial charge in [0, 0.05) is 54.2 Å². The number of carboxylic acid groups (broad SMARTS) is 1. The summed E-state index contributed by atoms with van der Waals surface area (Å²) < 4.78 is 1.27. The molecule has 4 amide bonds. The van der Waals surface area contributed by atoms with Crippen LogP contribution in [-0.2, 0) is 19.2 Å². The second-order valence-electron chi connectivity index (χ2n) is 10.4. The van der Waals surface area contributed by atoms with Gasteiger partial charge < -0.3 is 35.8 Å². The van der Waals surface area contributed by atoms with E-state index in [2.05, 4.69) is 41.4 Å². The van der Waals surface area contributed by atoms with Gasteiger partial charge in [0.15, 0.2) is 0 Å². The van der Waals surface area contributed by atoms with Crippen molar-refractivity contribution in [3.63, 3.8) is 0 Å². The first-order valence-corrected chi connectivity index (χ1v) is 14.2. The number of carbonyl (C=O) groups is 5. The van der Waals surface area contributed by atoms with Crippen molar-refractivity contribution in [2.24, 2.45) is 0 Å². The number of nitrogens with zero attached hydrogens (tertiary/aromatic N) is 6. The molecule has 0 saturated carbocycles. The summed E-state index contributed by atoms with van der Waals surface area (Å²) in [4.78, 5) is 70.3. The van der Waals surface area contributed by atoms with Crippen molar-refractivity contribution in [2.45, 2.75) is 18.9 Å². The maximum absolute atomic E-state index is 13.4. The van der Waals surface area contributed by atoms with Crippen molar-refractivity contribution >= 4 is 63.5 Å². The molecule has 4 aromatic rings. The van der Waals surface area contributed by atoms with Crippen LogP contribution in [-0.4, -0.2) is 109 Å². The van der Waals surface area contributed by atoms with E-state index < -0.39 is 29.7 Å². The third-order valence-electron chi connectivity index (χ3n) is 7.25. The second-order valence-corrected chi connectivity index (χ2v) is 10.8. The van der Waals surface area contributed by atoms with Crippen LogP contribution in [0.2, 0.25) is 5.02 Å². The van der Waals surface area contributed by atoms with Crippen LogP contribution < -0.4 is 16.0 Å². The number of H-pyrrole nitrogens is 1. The van der Waals surface area contributed by atoms with Crippen LogP contribution in [0.15, 0.2) is 48.8 Å². The zero-order chi connectivity index (χ0) is 32.1. The van der Waals surface area contributed by atoms with Gasteiger partial charge in [-0.25, -0.2) is 4.79 Å². The summed E-state index contributed by atoms with van der Waals surface area (Å²) >= 11 is 6.10. The lowest BCUT2D eigenvalue weighted by molar-refractivity contribution is -0.138. The normalized spacial score (nSPS) is 14.1. The Bertz CT molecular complexity index is 1750. The zero-order valence-electron chi connectivity index (χ0n) is 24.0. The minimum Gasteiger partial charge on any atom is -0.477 e. The summed E-state index contributed by atoms with van der Waals surface area (Å²) in [7, 11) is 1.96. The number of benzene rings is 2. The van der Waals surface area contributed by atoms with Crippen molar-refractivity contribution in [3.8, 4) is 5.69 Å². The van der Waals surface area contributed by atoms with Gasteiger partial charge >= 0.3 is 17.8 Å². The number of halogens is 1. The summed E-state index contributed by atoms with van der Waals surface area (Å²) in [5, 5.41) is 28.6. The predicted molar refractivity (Wildman–Crippen MR) is 162 cm³/mol. The fraction of sp³-hybridized carbons (Fsp3) is 0.286. The van der Waals surface area contributed by atoms with Crippen LogP contribution in [0.4, 0.5) is 11.4 Å². The highest BCUT2D eigenvalue weighted by atomic mass is 35.5. The van der Waals surface area contributed by atoms with E-state index in [9.17, 15) is 29.1 Å². The highest BCUT2D eigenvalue weighted by Crippen LogP contribution is 2.24. The van der Waals surface area contributed by atoms with Crippen molar-refractivity contribution in [1.82, 2.24) is 40.3 Å². The van der Waals surface area contributed by atoms with E-state index in [1.807, 2.05) is 7.05 Å². The quantitative estimate of drug-likeness (QED) is 0.165. The maximum atomic E-state index is 13.4. The lowest BCUT2D eigenvalue weighted by Crippen LogP contribution is -2.49. The number of aromatic nitrogens is 5. The molecule has 0 unspecified atom stereocenters. The number of rotatable bonds is 9. The third-order valence-corrected chi connectivity index (χ3v) is 7.49. The van der Waals surface area contributed by atoms with Crippen molar-refractivity contribution in [1.29, 1.82) is 0 Å². The summed E-state index contributed by atoms with van der Waals surface area (Å²) in [5.41, 5.74) is 1.33. The average Bonchev–Trinajstić information content (AvgIpc) is 3.70. The number of aromatic carboxylic acids is 1. The number of carbonyl (C=O) groups excluding carboxylic acids is 4. The van der Waals surface area contributed by atoms with E-state index in [0.29, 0.717) is 48.5 Å². The van der Waals surface area contributed by atoms with Gasteiger partial charge in [-0.05, 0) is 66.4 Å². The highest BCUT2D eigenvalue weighted by molar-refractivity contribution is 6.40. The molecule has 1 aliphatic rings. The molecule has 0 radical (unpaired) electrons. The fourth-order valence-electron chi connectivity index (χ4n) is 4.79. The van der Waals surface area contributed by atoms with E-state index in [0.717, 1.165) is 0 Å². The van der Waals surface area contributed by atoms with E-state index in [1.165, 1.54) is 23.1 Å². The topological polar surface area (TPSA) is 208 Å². The van der Waals surface area contributed by atoms with E-state index in [1.54, 1.807) is 35.2 Å². The van der Waals surface area contributed by atoms with Gasteiger partial charge in [0.2, 0.25) is 11.8 Å². The molecule has 16 nitrogen and oxygen atoms in total. The summed E-state index contributed by atoms with van der Waals surface area (Å²) in [5.74, 6) is -4.21. The van der Waals surface area contributed by atoms with Crippen LogP contribution in [0.25, 0.3) is 16.6 Å². The molecule has 0 spiro atoms. The average molecular weight is 637 g/mol. The number of piperazine rings is 1. The molecule has 2 aromatic carbocycles. The summed E-state index contributed by atoms with van der Waals surface area (Å²) in [6, 6.07) is 9.39. The molecule has 1 saturated heterocycles. The van der Waals surface area contributed by atoms with Gasteiger partial charge in [-0.1, -0.05) is 11.6 Å². The van der Waals surface area contributed by atoms with E-state index >= 15 is 0 Å². The van der Waals surface area contributed by atoms with E-state index in [-0.39, 0.29) is 35.2 Å². The Morgan fingerprint density at radius 1 is 1.00 bits per heavy atom. The number of carboxylic acids is 1. The van der Waals surface area contributed by atoms with E-state index in [4.69, 9.17) is 11.6 Å². The smallest absolute Gasteiger partial charge is 0.352 e. The highest BCUT2D eigenvalue weighted by Gasteiger charge is 2.28. The van der Waals surface area contributed by atoms with Crippen LogP contribution in [0.3, 0.4) is 0 Å². The number of hydrogen-bond acceptors (Lipinski definition) is 9. The molecule has 5 rings (SSSR count). The lowest BCUT2D eigenvalue weighted by Gasteiger charge is -2.32. The molecule has 1 fully saturated rings. The Morgan fingerprint density at radius 2 is 1.78 bits per heavy atom. The van der Waals surface area contributed by atoms with Gasteiger partial charge in [-0.3, -0.25) is 19.2 Å². The molecular weight excluding hydrogens is 608 g/mol. The van der Waals surface area contributed by atoms with Gasteiger partial charge in [0.25, 0.3) is 0 Å². The minimum atomic E-state index is -1.27. The number of nitrogens with one attached hydrogen (secondary N) is 4. The predicted octanol–water partition coefficient (Wildman–Crippen LogP) is 1.11. The van der Waals surface area contributed by atoms with Crippen molar-refractivity contribution in [3.05, 3.63) is 59.5 Å². The molecule has 17 heteroatoms. The largest absolute Gasteiger partial charge is 0.477 e. The van der Waals surface area contributed by atoms with Crippen LogP contribution >= 0.6 is 11.6 Å². The first-order chi connectivity index (χ1) is 21.6. The number of amides is 4. The Labute approximate surface area is 260 Å². The molecule has 1 atom stereocenters. The molecular formula is C28H29ClN10O6. The second kappa shape index (κ2) is 13.5. The standard InChI is InChI=1S/C28H29ClN10O6/c1-37-8-10-38(11-9-37)24(40)7-5-20(25(41)31-18-3-4-19-16(12-18)13-22(32-19)28(44)45)33-26(42)27(43)34-21-14-17(29)2-6-23(21)39-15-30-35-36-39/h2-4,6,12-15,20,32H,5,7-11H2,1H3,(H,31,41)(H,33,42)(H,34,43)(H,44,45)/t20-/m0/s1. The first kappa shape index (κ1) is 31.1. The van der Waals surface area contributed by atoms with Gasteiger partial charge in [0.05, 0.1) is 11.4 Å². The van der Waals surface area contributed by atoms with Gasteiger partial charge in [-0.15, -0.1) is 5.10 Å². The lowest BCUT2D eigenvalue weighted by atomic mass is 10.1. The van der Waals surface area contributed by atoms with Crippen molar-refractivity contribution in [2.75, 3.05) is 43.9 Å². The molecule has 2 aromatic heterocycles. The number of likely N-dealkylation sites (N-methyl/N-ethyl adjacent to an activating group) is 1. The molecule has 234 valence electrons. The Balaban J connectivity index is 1.31. The Kier molecular flexibility index (Phi) is 9.34. The Morgan fingerprint density at radius 3 is 2.49 bits per heavy atom. The monoisotopic (exact) mass is 636 g/mol. The van der Waals surface area contributed by atoms with Gasteiger partial charge in [0.1, 0.15) is 18.1 Å². The number of hydrogen-bond donors (Lipinski definition) is 5. The molecule has 5 N–H and O–H groups in total. The fourth-order valence-corrected chi connectivity index (χ4v) is 4.96.